The van der Waals surface area contributed by atoms with Crippen LogP contribution in [0.4, 0.5) is 15.7 Å². The van der Waals surface area contributed by atoms with Crippen LogP contribution in [-0.4, -0.2) is 68.8 Å². The molecule has 198 valence electrons. The number of nitrogens with one attached hydrogen (secondary N) is 1. The van der Waals surface area contributed by atoms with Crippen molar-refractivity contribution in [2.24, 2.45) is 0 Å². The lowest BCUT2D eigenvalue weighted by Gasteiger charge is -2.41. The van der Waals surface area contributed by atoms with Gasteiger partial charge in [-0.2, -0.15) is 4.98 Å². The van der Waals surface area contributed by atoms with Crippen LogP contribution in [0.3, 0.4) is 0 Å². The fourth-order valence-corrected chi connectivity index (χ4v) is 4.99. The highest BCUT2D eigenvalue weighted by atomic mass is 32.1. The lowest BCUT2D eigenvalue weighted by atomic mass is 10.1. The fraction of sp³-hybridized carbons (Fsp3) is 0.385. The molecule has 1 aromatic carbocycles. The van der Waals surface area contributed by atoms with Gasteiger partial charge in [-0.3, -0.25) is 4.90 Å². The van der Waals surface area contributed by atoms with Crippen molar-refractivity contribution >= 4 is 45.1 Å². The Morgan fingerprint density at radius 1 is 1.18 bits per heavy atom. The molecule has 0 radical (unpaired) electrons. The van der Waals surface area contributed by atoms with Gasteiger partial charge in [0.2, 0.25) is 11.7 Å². The lowest BCUT2D eigenvalue weighted by molar-refractivity contribution is 0.00741. The van der Waals surface area contributed by atoms with Gasteiger partial charge in [0.1, 0.15) is 16.3 Å². The van der Waals surface area contributed by atoms with Gasteiger partial charge >= 0.3 is 12.0 Å². The van der Waals surface area contributed by atoms with E-state index in [9.17, 15) is 9.59 Å². The van der Waals surface area contributed by atoms with Crippen LogP contribution in [0.15, 0.2) is 35.0 Å². The van der Waals surface area contributed by atoms with E-state index in [1.807, 2.05) is 45.0 Å². The zero-order valence-electron chi connectivity index (χ0n) is 22.1. The molecule has 0 unspecified atom stereocenters. The molecule has 1 fully saturated rings. The van der Waals surface area contributed by atoms with Gasteiger partial charge in [0.25, 0.3) is 0 Å². The fourth-order valence-electron chi connectivity index (χ4n) is 4.09. The predicted octanol–water partition coefficient (Wildman–Crippen LogP) is 4.67. The maximum atomic E-state index is 13.1. The van der Waals surface area contributed by atoms with Crippen LogP contribution in [-0.2, 0) is 4.74 Å². The molecular weight excluding hydrogens is 506 g/mol. The summed E-state index contributed by atoms with van der Waals surface area (Å²) in [5, 5.41) is 9.87. The van der Waals surface area contributed by atoms with Crippen molar-refractivity contribution in [1.82, 2.24) is 25.0 Å². The number of likely N-dealkylation sites (tertiary alicyclic amines) is 1. The molecule has 12 heteroatoms. The van der Waals surface area contributed by atoms with E-state index in [0.717, 1.165) is 33.5 Å². The Kier molecular flexibility index (Phi) is 6.51. The number of ether oxygens (including phenoxy) is 1. The Hall–Kier alpha value is -4.06. The van der Waals surface area contributed by atoms with Crippen molar-refractivity contribution in [3.05, 3.63) is 46.9 Å². The third-order valence-corrected chi connectivity index (χ3v) is 7.20. The number of fused-ring (bicyclic) bond motifs is 1. The maximum Gasteiger partial charge on any atom is 0.350 e. The minimum atomic E-state index is -0.610. The number of esters is 1. The van der Waals surface area contributed by atoms with Crippen LogP contribution < -0.4 is 10.2 Å². The average Bonchev–Trinajstić information content (AvgIpc) is 3.44. The number of benzene rings is 1. The third kappa shape index (κ3) is 5.17. The van der Waals surface area contributed by atoms with E-state index in [2.05, 4.69) is 25.4 Å². The predicted molar refractivity (Wildman–Crippen MR) is 145 cm³/mol. The number of carbonyl (C=O) groups is 2. The van der Waals surface area contributed by atoms with Gasteiger partial charge in [0.15, 0.2) is 5.13 Å². The summed E-state index contributed by atoms with van der Waals surface area (Å²) < 4.78 is 10.6. The second kappa shape index (κ2) is 9.67. The summed E-state index contributed by atoms with van der Waals surface area (Å²) in [5.41, 5.74) is 0.767. The van der Waals surface area contributed by atoms with Crippen LogP contribution in [0.2, 0.25) is 0 Å². The zero-order chi connectivity index (χ0) is 27.2. The van der Waals surface area contributed by atoms with Gasteiger partial charge in [-0.05, 0) is 45.2 Å². The van der Waals surface area contributed by atoms with Gasteiger partial charge in [0, 0.05) is 44.2 Å². The second-order valence-electron chi connectivity index (χ2n) is 10.2. The normalized spacial score (nSPS) is 13.9. The molecule has 0 atom stereocenters. The molecule has 4 aromatic rings. The lowest BCUT2D eigenvalue weighted by Crippen LogP contribution is -2.60. The molecule has 1 aliphatic rings. The molecule has 38 heavy (non-hydrogen) atoms. The number of hydrogen-bond acceptors (Lipinski definition) is 10. The number of urea groups is 1. The van der Waals surface area contributed by atoms with Crippen LogP contribution in [0.1, 0.15) is 42.0 Å². The molecule has 0 aliphatic carbocycles. The molecule has 2 amide bonds. The van der Waals surface area contributed by atoms with Crippen molar-refractivity contribution in [3.63, 3.8) is 0 Å². The van der Waals surface area contributed by atoms with E-state index in [1.165, 1.54) is 4.90 Å². The van der Waals surface area contributed by atoms with E-state index in [4.69, 9.17) is 9.26 Å². The second-order valence-corrected chi connectivity index (χ2v) is 11.2. The highest BCUT2D eigenvalue weighted by Gasteiger charge is 2.34. The summed E-state index contributed by atoms with van der Waals surface area (Å²) in [5.74, 6) is 1.32. The van der Waals surface area contributed by atoms with Gasteiger partial charge in [0.05, 0.1) is 11.7 Å². The first kappa shape index (κ1) is 25.6. The highest BCUT2D eigenvalue weighted by molar-refractivity contribution is 7.17. The number of thiazole rings is 1. The summed E-state index contributed by atoms with van der Waals surface area (Å²) in [6.45, 7) is 9.95. The number of nitrogens with zero attached hydrogens (tertiary/aromatic N) is 6. The minimum absolute atomic E-state index is 0.0388. The largest absolute Gasteiger partial charge is 0.456 e. The van der Waals surface area contributed by atoms with E-state index >= 15 is 0 Å². The number of amides is 2. The molecular formula is C26H29N7O4S. The van der Waals surface area contributed by atoms with E-state index < -0.39 is 11.6 Å². The Morgan fingerprint density at radius 3 is 2.63 bits per heavy atom. The van der Waals surface area contributed by atoms with Crippen LogP contribution in [0, 0.1) is 13.8 Å². The van der Waals surface area contributed by atoms with Crippen molar-refractivity contribution in [2.45, 2.75) is 46.3 Å². The molecule has 0 spiro atoms. The molecule has 0 bridgehead atoms. The SMILES string of the molecule is Cc1nc(-c2ccc3ccnc(NC4CN(C(=O)N(C)c5nc(C)c(C(=O)OC(C)(C)C)s5)C4)c3c2)no1. The number of anilines is 2. The van der Waals surface area contributed by atoms with Crippen LogP contribution >= 0.6 is 11.3 Å². The van der Waals surface area contributed by atoms with Crippen molar-refractivity contribution in [3.8, 4) is 11.4 Å². The maximum absolute atomic E-state index is 13.1. The third-order valence-electron chi connectivity index (χ3n) is 5.99. The summed E-state index contributed by atoms with van der Waals surface area (Å²) in [6.07, 6.45) is 1.76. The quantitative estimate of drug-likeness (QED) is 0.363. The molecule has 1 N–H and O–H groups in total. The van der Waals surface area contributed by atoms with Crippen LogP contribution in [0.5, 0.6) is 0 Å². The number of rotatable bonds is 5. The minimum Gasteiger partial charge on any atom is -0.456 e. The molecule has 4 heterocycles. The van der Waals surface area contributed by atoms with Gasteiger partial charge < -0.3 is 19.5 Å². The first-order chi connectivity index (χ1) is 18.0. The van der Waals surface area contributed by atoms with E-state index in [-0.39, 0.29) is 12.1 Å². The summed E-state index contributed by atoms with van der Waals surface area (Å²) in [6, 6.07) is 7.72. The molecule has 3 aromatic heterocycles. The number of aryl methyl sites for hydroxylation is 2. The first-order valence-electron chi connectivity index (χ1n) is 12.2. The summed E-state index contributed by atoms with van der Waals surface area (Å²) >= 11 is 1.15. The molecule has 1 aliphatic heterocycles. The number of aromatic nitrogens is 4. The Balaban J connectivity index is 1.24. The van der Waals surface area contributed by atoms with Gasteiger partial charge in [-0.1, -0.05) is 28.6 Å². The Labute approximate surface area is 223 Å². The molecule has 5 rings (SSSR count). The monoisotopic (exact) mass is 535 g/mol. The number of pyridine rings is 1. The van der Waals surface area contributed by atoms with Gasteiger partial charge in [-0.25, -0.2) is 19.6 Å². The topological polar surface area (TPSA) is 127 Å². The van der Waals surface area contributed by atoms with Crippen molar-refractivity contribution in [1.29, 1.82) is 0 Å². The summed E-state index contributed by atoms with van der Waals surface area (Å²) in [7, 11) is 1.66. The van der Waals surface area contributed by atoms with E-state index in [0.29, 0.717) is 40.5 Å². The van der Waals surface area contributed by atoms with Crippen molar-refractivity contribution in [2.75, 3.05) is 30.4 Å². The molecule has 0 saturated carbocycles. The Morgan fingerprint density at radius 2 is 1.95 bits per heavy atom. The van der Waals surface area contributed by atoms with E-state index in [1.54, 1.807) is 32.0 Å². The van der Waals surface area contributed by atoms with Crippen LogP contribution in [0.25, 0.3) is 22.2 Å². The van der Waals surface area contributed by atoms with Crippen molar-refractivity contribution < 1.29 is 18.8 Å². The smallest absolute Gasteiger partial charge is 0.350 e. The number of hydrogen-bond donors (Lipinski definition) is 1. The molecule has 1 saturated heterocycles. The zero-order valence-corrected chi connectivity index (χ0v) is 22.9. The molecule has 11 nitrogen and oxygen atoms in total. The number of carbonyl (C=O) groups excluding carboxylic acids is 2. The Bertz CT molecular complexity index is 1520. The standard InChI is InChI=1S/C26H29N7O4S/c1-14-20(23(34)36-26(3,4)5)38-24(28-14)32(6)25(35)33-12-18(13-33)30-22-19-11-17(21-29-15(2)37-31-21)8-7-16(19)9-10-27-22/h7-11,18H,12-13H2,1-6H3,(H,27,30). The average molecular weight is 536 g/mol. The highest BCUT2D eigenvalue weighted by Crippen LogP contribution is 2.30. The first-order valence-corrected chi connectivity index (χ1v) is 13.0. The summed E-state index contributed by atoms with van der Waals surface area (Å²) in [4.78, 5) is 42.5. The van der Waals surface area contributed by atoms with Gasteiger partial charge in [-0.15, -0.1) is 0 Å².